The molecule has 7 nitrogen and oxygen atoms in total. The molecule has 1 atom stereocenters. The van der Waals surface area contributed by atoms with Crippen molar-refractivity contribution in [2.24, 2.45) is 0 Å². The fourth-order valence-electron chi connectivity index (χ4n) is 4.58. The molecule has 1 fully saturated rings. The third-order valence-corrected chi connectivity index (χ3v) is 6.13. The number of aryl methyl sites for hydroxylation is 1. The van der Waals surface area contributed by atoms with E-state index in [-0.39, 0.29) is 11.5 Å². The lowest BCUT2D eigenvalue weighted by Crippen LogP contribution is -2.50. The highest BCUT2D eigenvalue weighted by molar-refractivity contribution is 5.94. The first-order valence-corrected chi connectivity index (χ1v) is 10.6. The molecule has 1 saturated heterocycles. The first-order chi connectivity index (χ1) is 15.0. The van der Waals surface area contributed by atoms with Crippen molar-refractivity contribution in [2.75, 3.05) is 31.1 Å². The van der Waals surface area contributed by atoms with Gasteiger partial charge in [0.15, 0.2) is 5.65 Å². The molecule has 2 aromatic heterocycles. The Hall–Kier alpha value is -3.61. The Morgan fingerprint density at radius 2 is 1.65 bits per heavy atom. The Balaban J connectivity index is 1.47. The fraction of sp³-hybridized carbons (Fsp3) is 0.292. The molecule has 1 amide bonds. The number of fused-ring (bicyclic) bond motifs is 3. The Labute approximate surface area is 180 Å². The van der Waals surface area contributed by atoms with Gasteiger partial charge in [0, 0.05) is 49.0 Å². The molecule has 1 aliphatic rings. The number of hydrogen-bond donors (Lipinski definition) is 0. The number of anilines is 1. The smallest absolute Gasteiger partial charge is 0.273 e. The Morgan fingerprint density at radius 1 is 0.968 bits per heavy atom. The van der Waals surface area contributed by atoms with E-state index >= 15 is 0 Å². The highest BCUT2D eigenvalue weighted by atomic mass is 16.2. The third-order valence-electron chi connectivity index (χ3n) is 6.13. The molecule has 7 heteroatoms. The zero-order valence-electron chi connectivity index (χ0n) is 17.7. The summed E-state index contributed by atoms with van der Waals surface area (Å²) in [5, 5.41) is 0.872. The number of benzene rings is 2. The van der Waals surface area contributed by atoms with Crippen LogP contribution >= 0.6 is 0 Å². The summed E-state index contributed by atoms with van der Waals surface area (Å²) in [5.74, 6) is 0.0773. The van der Waals surface area contributed by atoms with Gasteiger partial charge in [0.1, 0.15) is 6.04 Å². The highest BCUT2D eigenvalue weighted by Crippen LogP contribution is 2.26. The van der Waals surface area contributed by atoms with Crippen LogP contribution in [0.1, 0.15) is 18.7 Å². The molecular formula is C24H25N5O2. The summed E-state index contributed by atoms with van der Waals surface area (Å²) < 4.78 is 3.87. The second-order valence-electron chi connectivity index (χ2n) is 8.06. The first kappa shape index (κ1) is 19.4. The lowest BCUT2D eigenvalue weighted by atomic mass is 10.2. The number of hydrogen-bond acceptors (Lipinski definition) is 4. The SMILES string of the molecule is Cc1cc(=O)nc2c3ccccc3n([C@H](C)C(=O)N3CCN(c4ccccc4)CC3)n12. The number of aromatic nitrogens is 3. The van der Waals surface area contributed by atoms with Gasteiger partial charge in [-0.05, 0) is 38.1 Å². The number of para-hydroxylation sites is 2. The van der Waals surface area contributed by atoms with Crippen molar-refractivity contribution in [1.29, 1.82) is 0 Å². The van der Waals surface area contributed by atoms with E-state index in [2.05, 4.69) is 22.0 Å². The van der Waals surface area contributed by atoms with E-state index < -0.39 is 6.04 Å². The van der Waals surface area contributed by atoms with Gasteiger partial charge >= 0.3 is 0 Å². The zero-order chi connectivity index (χ0) is 21.5. The van der Waals surface area contributed by atoms with Crippen LogP contribution in [0.3, 0.4) is 0 Å². The average Bonchev–Trinajstić information content (AvgIpc) is 3.13. The van der Waals surface area contributed by atoms with Crippen LogP contribution in [0.5, 0.6) is 0 Å². The minimum Gasteiger partial charge on any atom is -0.368 e. The van der Waals surface area contributed by atoms with Crippen molar-refractivity contribution in [2.45, 2.75) is 19.9 Å². The summed E-state index contributed by atoms with van der Waals surface area (Å²) in [7, 11) is 0. The zero-order valence-corrected chi connectivity index (χ0v) is 17.7. The van der Waals surface area contributed by atoms with Crippen molar-refractivity contribution in [3.63, 3.8) is 0 Å². The van der Waals surface area contributed by atoms with E-state index in [9.17, 15) is 9.59 Å². The third kappa shape index (κ3) is 3.26. The second-order valence-corrected chi connectivity index (χ2v) is 8.06. The van der Waals surface area contributed by atoms with E-state index in [1.54, 1.807) is 0 Å². The van der Waals surface area contributed by atoms with E-state index in [1.807, 2.05) is 70.4 Å². The maximum Gasteiger partial charge on any atom is 0.273 e. The fourth-order valence-corrected chi connectivity index (χ4v) is 4.58. The van der Waals surface area contributed by atoms with Crippen molar-refractivity contribution >= 4 is 28.1 Å². The van der Waals surface area contributed by atoms with Crippen LogP contribution in [0.25, 0.3) is 16.6 Å². The molecule has 5 rings (SSSR count). The molecule has 0 saturated carbocycles. The molecule has 0 unspecified atom stereocenters. The standard InChI is InChI=1S/C24H25N5O2/c1-17-16-22(30)25-23-20-10-6-7-11-21(20)29(28(17)23)18(2)24(31)27-14-12-26(13-15-27)19-8-4-3-5-9-19/h3-11,16,18H,12-15H2,1-2H3/t18-/m1/s1. The second kappa shape index (κ2) is 7.58. The Bertz CT molecular complexity index is 1320. The van der Waals surface area contributed by atoms with Gasteiger partial charge in [0.2, 0.25) is 5.91 Å². The summed E-state index contributed by atoms with van der Waals surface area (Å²) >= 11 is 0. The van der Waals surface area contributed by atoms with Crippen LogP contribution in [-0.4, -0.2) is 51.2 Å². The first-order valence-electron chi connectivity index (χ1n) is 10.6. The van der Waals surface area contributed by atoms with Crippen molar-refractivity contribution in [3.8, 4) is 0 Å². The van der Waals surface area contributed by atoms with Gasteiger partial charge in [-0.1, -0.05) is 30.3 Å². The minimum absolute atomic E-state index is 0.0773. The van der Waals surface area contributed by atoms with Gasteiger partial charge in [-0.2, -0.15) is 4.98 Å². The monoisotopic (exact) mass is 415 g/mol. The molecule has 0 radical (unpaired) electrons. The summed E-state index contributed by atoms with van der Waals surface area (Å²) in [6, 6.07) is 19.2. The molecule has 4 aromatic rings. The average molecular weight is 415 g/mol. The molecular weight excluding hydrogens is 390 g/mol. The van der Waals surface area contributed by atoms with Crippen LogP contribution in [-0.2, 0) is 4.79 Å². The molecule has 3 heterocycles. The normalized spacial score (nSPS) is 15.5. The number of piperazine rings is 1. The van der Waals surface area contributed by atoms with Crippen LogP contribution in [0.4, 0.5) is 5.69 Å². The van der Waals surface area contributed by atoms with Crippen LogP contribution in [0.2, 0.25) is 0 Å². The largest absolute Gasteiger partial charge is 0.368 e. The van der Waals surface area contributed by atoms with Gasteiger partial charge in [-0.3, -0.25) is 14.3 Å². The summed E-state index contributed by atoms with van der Waals surface area (Å²) in [6.07, 6.45) is 0. The molecule has 0 spiro atoms. The van der Waals surface area contributed by atoms with Crippen LogP contribution in [0.15, 0.2) is 65.5 Å². The summed E-state index contributed by atoms with van der Waals surface area (Å²) in [5.41, 5.74) is 3.17. The number of nitrogens with zero attached hydrogens (tertiary/aromatic N) is 5. The van der Waals surface area contributed by atoms with Crippen molar-refractivity contribution in [3.05, 3.63) is 76.7 Å². The highest BCUT2D eigenvalue weighted by Gasteiger charge is 2.28. The van der Waals surface area contributed by atoms with Crippen molar-refractivity contribution < 1.29 is 4.79 Å². The van der Waals surface area contributed by atoms with Crippen LogP contribution < -0.4 is 10.5 Å². The number of rotatable bonds is 3. The number of carbonyl (C=O) groups is 1. The molecule has 0 aliphatic carbocycles. The molecule has 0 N–H and O–H groups in total. The van der Waals surface area contributed by atoms with Gasteiger partial charge in [-0.25, -0.2) is 4.52 Å². The predicted octanol–water partition coefficient (Wildman–Crippen LogP) is 2.87. The number of amides is 1. The quantitative estimate of drug-likeness (QED) is 0.516. The molecule has 0 bridgehead atoms. The van der Waals surface area contributed by atoms with E-state index in [1.165, 1.54) is 11.8 Å². The van der Waals surface area contributed by atoms with Gasteiger partial charge in [0.05, 0.1) is 5.52 Å². The molecule has 158 valence electrons. The predicted molar refractivity (Wildman–Crippen MR) is 122 cm³/mol. The van der Waals surface area contributed by atoms with Gasteiger partial charge in [0.25, 0.3) is 5.56 Å². The molecule has 31 heavy (non-hydrogen) atoms. The Morgan fingerprint density at radius 3 is 2.39 bits per heavy atom. The van der Waals surface area contributed by atoms with E-state index in [4.69, 9.17) is 0 Å². The Kier molecular flexibility index (Phi) is 4.73. The summed E-state index contributed by atoms with van der Waals surface area (Å²) in [6.45, 7) is 6.78. The number of carbonyl (C=O) groups excluding carboxylic acids is 1. The summed E-state index contributed by atoms with van der Waals surface area (Å²) in [4.78, 5) is 34.0. The van der Waals surface area contributed by atoms with Gasteiger partial charge < -0.3 is 9.80 Å². The lowest BCUT2D eigenvalue weighted by Gasteiger charge is -2.37. The lowest BCUT2D eigenvalue weighted by molar-refractivity contribution is -0.134. The maximum absolute atomic E-state index is 13.5. The minimum atomic E-state index is -0.423. The van der Waals surface area contributed by atoms with Gasteiger partial charge in [-0.15, -0.1) is 0 Å². The molecule has 2 aromatic carbocycles. The van der Waals surface area contributed by atoms with E-state index in [0.717, 1.165) is 29.7 Å². The van der Waals surface area contributed by atoms with E-state index in [0.29, 0.717) is 18.7 Å². The maximum atomic E-state index is 13.5. The van der Waals surface area contributed by atoms with Crippen molar-refractivity contribution in [1.82, 2.24) is 19.1 Å². The topological polar surface area (TPSA) is 62.9 Å². The van der Waals surface area contributed by atoms with Crippen LogP contribution in [0, 0.1) is 6.92 Å². The molecule has 1 aliphatic heterocycles.